The van der Waals surface area contributed by atoms with Crippen molar-refractivity contribution in [3.63, 3.8) is 0 Å². The molecule has 0 unspecified atom stereocenters. The van der Waals surface area contributed by atoms with Crippen molar-refractivity contribution in [3.05, 3.63) is 39.6 Å². The molecular weight excluding hydrogens is 448 g/mol. The Balaban J connectivity index is 2.13. The van der Waals surface area contributed by atoms with Crippen LogP contribution in [0.25, 0.3) is 0 Å². The van der Waals surface area contributed by atoms with Crippen molar-refractivity contribution in [1.29, 1.82) is 0 Å². The quantitative estimate of drug-likeness (QED) is 0.645. The maximum Gasteiger partial charge on any atom is 0.343 e. The number of halogens is 1. The largest absolute Gasteiger partial charge is 0.511 e. The topological polar surface area (TPSA) is 119 Å². The third-order valence-electron chi connectivity index (χ3n) is 4.90. The SMILES string of the molecule is COC(=O)[C@]1(O)C(C(=O)OCC(C)C)=C(O)C[C@@H]2Oc3ccc(Br)cc3C(=O)[C@H]21. The molecule has 0 saturated heterocycles. The molecule has 0 bridgehead atoms. The fourth-order valence-corrected chi connectivity index (χ4v) is 3.99. The molecule has 0 amide bonds. The first-order valence-corrected chi connectivity index (χ1v) is 9.81. The van der Waals surface area contributed by atoms with Crippen LogP contribution < -0.4 is 4.74 Å². The number of aliphatic hydroxyl groups is 2. The molecule has 0 saturated carbocycles. The van der Waals surface area contributed by atoms with E-state index in [2.05, 4.69) is 15.9 Å². The lowest BCUT2D eigenvalue weighted by Gasteiger charge is -2.44. The van der Waals surface area contributed by atoms with E-state index in [-0.39, 0.29) is 30.3 Å². The van der Waals surface area contributed by atoms with Gasteiger partial charge in [0.1, 0.15) is 29.1 Å². The van der Waals surface area contributed by atoms with Crippen LogP contribution >= 0.6 is 15.9 Å². The van der Waals surface area contributed by atoms with Gasteiger partial charge in [0.15, 0.2) is 5.78 Å². The van der Waals surface area contributed by atoms with Crippen LogP contribution in [-0.2, 0) is 19.1 Å². The van der Waals surface area contributed by atoms with Crippen LogP contribution in [0.15, 0.2) is 34.0 Å². The van der Waals surface area contributed by atoms with Gasteiger partial charge in [-0.3, -0.25) is 4.79 Å². The summed E-state index contributed by atoms with van der Waals surface area (Å²) in [5, 5.41) is 21.9. The molecular formula is C20H21BrO8. The maximum absolute atomic E-state index is 13.3. The standard InChI is InChI=1S/C20H21BrO8/c1-9(2)8-28-18(24)15-12(22)7-14-16(20(15,26)19(25)27-3)17(23)11-6-10(21)4-5-13(11)29-14/h4-6,9,14,16,22,26H,7-8H2,1-3H3/t14-,16-,20-/m0/s1. The normalized spacial score (nSPS) is 25.8. The Morgan fingerprint density at radius 2 is 2.07 bits per heavy atom. The monoisotopic (exact) mass is 468 g/mol. The lowest BCUT2D eigenvalue weighted by Crippen LogP contribution is -2.62. The minimum absolute atomic E-state index is 0.00118. The zero-order chi connectivity index (χ0) is 21.5. The van der Waals surface area contributed by atoms with Crippen molar-refractivity contribution in [3.8, 4) is 5.75 Å². The highest BCUT2D eigenvalue weighted by Crippen LogP contribution is 2.46. The number of aliphatic hydroxyl groups excluding tert-OH is 1. The van der Waals surface area contributed by atoms with Gasteiger partial charge in [-0.25, -0.2) is 9.59 Å². The lowest BCUT2D eigenvalue weighted by molar-refractivity contribution is -0.171. The molecule has 29 heavy (non-hydrogen) atoms. The lowest BCUT2D eigenvalue weighted by atomic mass is 9.67. The molecule has 0 aromatic heterocycles. The number of esters is 2. The smallest absolute Gasteiger partial charge is 0.343 e. The minimum atomic E-state index is -2.76. The fourth-order valence-electron chi connectivity index (χ4n) is 3.62. The van der Waals surface area contributed by atoms with Gasteiger partial charge in [0, 0.05) is 10.9 Å². The van der Waals surface area contributed by atoms with E-state index in [1.807, 2.05) is 0 Å². The second-order valence-corrected chi connectivity index (χ2v) is 8.33. The van der Waals surface area contributed by atoms with Crippen molar-refractivity contribution in [1.82, 2.24) is 0 Å². The summed E-state index contributed by atoms with van der Waals surface area (Å²) in [5.74, 6) is -4.79. The molecule has 2 aliphatic rings. The molecule has 3 atom stereocenters. The summed E-state index contributed by atoms with van der Waals surface area (Å²) < 4.78 is 16.2. The molecule has 8 nitrogen and oxygen atoms in total. The number of hydrogen-bond acceptors (Lipinski definition) is 8. The highest BCUT2D eigenvalue weighted by Gasteiger charge is 2.63. The number of rotatable bonds is 4. The first-order valence-electron chi connectivity index (χ1n) is 9.02. The van der Waals surface area contributed by atoms with E-state index in [4.69, 9.17) is 14.2 Å². The molecule has 1 aromatic carbocycles. The van der Waals surface area contributed by atoms with Crippen LogP contribution in [-0.4, -0.2) is 53.4 Å². The van der Waals surface area contributed by atoms with Crippen LogP contribution in [0.2, 0.25) is 0 Å². The Kier molecular flexibility index (Phi) is 5.73. The van der Waals surface area contributed by atoms with E-state index in [0.717, 1.165) is 7.11 Å². The van der Waals surface area contributed by atoms with Gasteiger partial charge in [-0.1, -0.05) is 29.8 Å². The van der Waals surface area contributed by atoms with Crippen LogP contribution in [0.3, 0.4) is 0 Å². The highest BCUT2D eigenvalue weighted by atomic mass is 79.9. The molecule has 0 radical (unpaired) electrons. The molecule has 1 heterocycles. The molecule has 3 rings (SSSR count). The zero-order valence-corrected chi connectivity index (χ0v) is 17.7. The van der Waals surface area contributed by atoms with Crippen LogP contribution in [0.4, 0.5) is 0 Å². The van der Waals surface area contributed by atoms with Gasteiger partial charge < -0.3 is 24.4 Å². The number of carbonyl (C=O) groups is 3. The van der Waals surface area contributed by atoms with Crippen molar-refractivity contribution in [2.45, 2.75) is 32.0 Å². The van der Waals surface area contributed by atoms with E-state index < -0.39 is 46.7 Å². The number of Topliss-reactive ketones (excluding diaryl/α,β-unsaturated/α-hetero) is 1. The number of ether oxygens (including phenoxy) is 3. The average Bonchev–Trinajstić information content (AvgIpc) is 2.65. The highest BCUT2D eigenvalue weighted by molar-refractivity contribution is 9.10. The average molecular weight is 469 g/mol. The third kappa shape index (κ3) is 3.53. The van der Waals surface area contributed by atoms with Gasteiger partial charge in [-0.05, 0) is 24.1 Å². The molecule has 0 fully saturated rings. The number of methoxy groups -OCH3 is 1. The number of ketones is 1. The third-order valence-corrected chi connectivity index (χ3v) is 5.40. The Morgan fingerprint density at radius 1 is 1.38 bits per heavy atom. The molecule has 1 aliphatic heterocycles. The van der Waals surface area contributed by atoms with E-state index in [1.54, 1.807) is 26.0 Å². The van der Waals surface area contributed by atoms with Gasteiger partial charge in [-0.15, -0.1) is 0 Å². The first-order chi connectivity index (χ1) is 13.6. The molecule has 9 heteroatoms. The van der Waals surface area contributed by atoms with Gasteiger partial charge in [-0.2, -0.15) is 0 Å². The van der Waals surface area contributed by atoms with Crippen LogP contribution in [0.1, 0.15) is 30.6 Å². The van der Waals surface area contributed by atoms with Crippen molar-refractivity contribution >= 4 is 33.7 Å². The summed E-state index contributed by atoms with van der Waals surface area (Å²) in [6.45, 7) is 3.61. The van der Waals surface area contributed by atoms with Gasteiger partial charge in [0.25, 0.3) is 0 Å². The van der Waals surface area contributed by atoms with Crippen molar-refractivity contribution in [2.24, 2.45) is 11.8 Å². The summed E-state index contributed by atoms with van der Waals surface area (Å²) in [5.41, 5.74) is -3.31. The molecule has 0 spiro atoms. The number of hydrogen-bond donors (Lipinski definition) is 2. The van der Waals surface area contributed by atoms with Crippen molar-refractivity contribution < 1.29 is 38.8 Å². The van der Waals surface area contributed by atoms with E-state index in [9.17, 15) is 24.6 Å². The number of carbonyl (C=O) groups excluding carboxylic acids is 3. The Bertz CT molecular complexity index is 906. The predicted molar refractivity (Wildman–Crippen MR) is 103 cm³/mol. The summed E-state index contributed by atoms with van der Waals surface area (Å²) in [6.07, 6.45) is -1.32. The minimum Gasteiger partial charge on any atom is -0.511 e. The number of fused-ring (bicyclic) bond motifs is 2. The van der Waals surface area contributed by atoms with Crippen LogP contribution in [0.5, 0.6) is 5.75 Å². The van der Waals surface area contributed by atoms with Gasteiger partial charge >= 0.3 is 11.9 Å². The van der Waals surface area contributed by atoms with E-state index in [1.165, 1.54) is 6.07 Å². The van der Waals surface area contributed by atoms with Gasteiger partial charge in [0.05, 0.1) is 19.3 Å². The first kappa shape index (κ1) is 21.3. The zero-order valence-electron chi connectivity index (χ0n) is 16.1. The second kappa shape index (κ2) is 7.79. The second-order valence-electron chi connectivity index (χ2n) is 7.41. The Morgan fingerprint density at radius 3 is 2.69 bits per heavy atom. The number of benzene rings is 1. The molecule has 1 aromatic rings. The summed E-state index contributed by atoms with van der Waals surface area (Å²) >= 11 is 3.27. The molecule has 1 aliphatic carbocycles. The molecule has 156 valence electrons. The van der Waals surface area contributed by atoms with Crippen LogP contribution in [0, 0.1) is 11.8 Å². The van der Waals surface area contributed by atoms with Gasteiger partial charge in [0.2, 0.25) is 5.60 Å². The summed E-state index contributed by atoms with van der Waals surface area (Å²) in [7, 11) is 1.01. The van der Waals surface area contributed by atoms with E-state index in [0.29, 0.717) is 4.47 Å². The Labute approximate surface area is 175 Å². The van der Waals surface area contributed by atoms with Crippen molar-refractivity contribution in [2.75, 3.05) is 13.7 Å². The summed E-state index contributed by atoms with van der Waals surface area (Å²) in [6, 6.07) is 4.74. The maximum atomic E-state index is 13.3. The molecule has 2 N–H and O–H groups in total. The Hall–Kier alpha value is -2.39. The summed E-state index contributed by atoms with van der Waals surface area (Å²) in [4.78, 5) is 38.5. The van der Waals surface area contributed by atoms with E-state index >= 15 is 0 Å². The predicted octanol–water partition coefficient (Wildman–Crippen LogP) is 2.33. The fraction of sp³-hybridized carbons (Fsp3) is 0.450.